The van der Waals surface area contributed by atoms with Crippen molar-refractivity contribution in [3.63, 3.8) is 0 Å². The van der Waals surface area contributed by atoms with Crippen LogP contribution in [-0.4, -0.2) is 23.5 Å². The van der Waals surface area contributed by atoms with Gasteiger partial charge in [0.1, 0.15) is 0 Å². The molecule has 2 rings (SSSR count). The summed E-state index contributed by atoms with van der Waals surface area (Å²) < 4.78 is 0. The molecule has 2 nitrogen and oxygen atoms in total. The summed E-state index contributed by atoms with van der Waals surface area (Å²) in [5.74, 6) is 2.10. The number of aliphatic imine (C=N–C) groups is 1. The zero-order valence-corrected chi connectivity index (χ0v) is 9.78. The predicted molar refractivity (Wildman–Crippen MR) is 63.9 cm³/mol. The quantitative estimate of drug-likeness (QED) is 0.676. The number of hydrogen-bond donors (Lipinski definition) is 1. The summed E-state index contributed by atoms with van der Waals surface area (Å²) >= 11 is 1.88. The second-order valence-corrected chi connectivity index (χ2v) is 5.57. The lowest BCUT2D eigenvalue weighted by Gasteiger charge is -2.16. The van der Waals surface area contributed by atoms with Gasteiger partial charge in [0.25, 0.3) is 0 Å². The Kier molecular flexibility index (Phi) is 3.74. The fourth-order valence-corrected chi connectivity index (χ4v) is 3.04. The average molecular weight is 212 g/mol. The lowest BCUT2D eigenvalue weighted by Crippen LogP contribution is -2.31. The molecule has 3 heteroatoms. The van der Waals surface area contributed by atoms with Gasteiger partial charge in [0.05, 0.1) is 6.54 Å². The van der Waals surface area contributed by atoms with E-state index < -0.39 is 0 Å². The third-order valence-corrected chi connectivity index (χ3v) is 4.08. The molecule has 2 unspecified atom stereocenters. The van der Waals surface area contributed by atoms with Gasteiger partial charge in [0.15, 0.2) is 5.17 Å². The molecule has 1 saturated carbocycles. The van der Waals surface area contributed by atoms with E-state index in [1.54, 1.807) is 0 Å². The molecule has 80 valence electrons. The predicted octanol–water partition coefficient (Wildman–Crippen LogP) is 2.65. The highest BCUT2D eigenvalue weighted by atomic mass is 32.2. The maximum absolute atomic E-state index is 4.45. The first-order valence-electron chi connectivity index (χ1n) is 5.78. The molecule has 0 spiro atoms. The van der Waals surface area contributed by atoms with Crippen LogP contribution in [0.2, 0.25) is 0 Å². The van der Waals surface area contributed by atoms with Gasteiger partial charge in [-0.2, -0.15) is 0 Å². The van der Waals surface area contributed by atoms with Crippen LogP contribution >= 0.6 is 11.8 Å². The molecule has 1 aliphatic carbocycles. The summed E-state index contributed by atoms with van der Waals surface area (Å²) in [5.41, 5.74) is 0. The second kappa shape index (κ2) is 5.06. The Morgan fingerprint density at radius 1 is 1.29 bits per heavy atom. The summed E-state index contributed by atoms with van der Waals surface area (Å²) in [4.78, 5) is 4.45. The van der Waals surface area contributed by atoms with Crippen molar-refractivity contribution in [2.45, 2.75) is 45.1 Å². The second-order valence-electron chi connectivity index (χ2n) is 4.49. The number of hydrogen-bond acceptors (Lipinski definition) is 3. The third-order valence-electron chi connectivity index (χ3n) is 3.17. The lowest BCUT2D eigenvalue weighted by molar-refractivity contribution is 0.490. The fourth-order valence-electron chi connectivity index (χ4n) is 2.23. The molecule has 0 bridgehead atoms. The van der Waals surface area contributed by atoms with Crippen LogP contribution in [0.15, 0.2) is 4.99 Å². The van der Waals surface area contributed by atoms with Gasteiger partial charge >= 0.3 is 0 Å². The Labute approximate surface area is 90.9 Å². The van der Waals surface area contributed by atoms with Crippen molar-refractivity contribution in [1.82, 2.24) is 5.32 Å². The van der Waals surface area contributed by atoms with Crippen LogP contribution in [0, 0.1) is 5.92 Å². The first kappa shape index (κ1) is 10.3. The maximum atomic E-state index is 4.45. The van der Waals surface area contributed by atoms with Crippen molar-refractivity contribution in [3.05, 3.63) is 0 Å². The van der Waals surface area contributed by atoms with Crippen LogP contribution in [0.5, 0.6) is 0 Å². The van der Waals surface area contributed by atoms with E-state index in [-0.39, 0.29) is 0 Å². The van der Waals surface area contributed by atoms with E-state index in [9.17, 15) is 0 Å². The molecule has 0 saturated heterocycles. The fraction of sp³-hybridized carbons (Fsp3) is 0.909. The summed E-state index contributed by atoms with van der Waals surface area (Å²) in [5, 5.41) is 4.79. The Bertz CT molecular complexity index is 215. The van der Waals surface area contributed by atoms with Crippen molar-refractivity contribution in [1.29, 1.82) is 0 Å². The summed E-state index contributed by atoms with van der Waals surface area (Å²) in [6, 6.07) is 0.698. The molecule has 2 atom stereocenters. The van der Waals surface area contributed by atoms with Crippen LogP contribution in [0.1, 0.15) is 39.0 Å². The first-order valence-corrected chi connectivity index (χ1v) is 6.77. The molecule has 0 amide bonds. The van der Waals surface area contributed by atoms with E-state index in [0.29, 0.717) is 6.04 Å². The molecular weight excluding hydrogens is 192 g/mol. The van der Waals surface area contributed by atoms with Gasteiger partial charge in [-0.25, -0.2) is 0 Å². The van der Waals surface area contributed by atoms with Gasteiger partial charge in [0.2, 0.25) is 0 Å². The van der Waals surface area contributed by atoms with Gasteiger partial charge in [-0.05, 0) is 25.2 Å². The number of rotatable bonds is 1. The van der Waals surface area contributed by atoms with Gasteiger partial charge < -0.3 is 5.32 Å². The smallest absolute Gasteiger partial charge is 0.156 e. The standard InChI is InChI=1S/C11H20N2S/c1-9-3-2-4-10(6-5-9)13-11-12-7-8-14-11/h9-10H,2-8H2,1H3,(H,12,13). The third kappa shape index (κ3) is 2.91. The van der Waals surface area contributed by atoms with E-state index in [4.69, 9.17) is 0 Å². The van der Waals surface area contributed by atoms with Crippen LogP contribution < -0.4 is 5.32 Å². The van der Waals surface area contributed by atoms with Gasteiger partial charge in [0, 0.05) is 11.8 Å². The van der Waals surface area contributed by atoms with Gasteiger partial charge in [-0.15, -0.1) is 0 Å². The zero-order chi connectivity index (χ0) is 9.80. The molecule has 2 aliphatic rings. The van der Waals surface area contributed by atoms with Crippen LogP contribution in [0.25, 0.3) is 0 Å². The first-order chi connectivity index (χ1) is 6.84. The van der Waals surface area contributed by atoms with Crippen LogP contribution in [-0.2, 0) is 0 Å². The highest BCUT2D eigenvalue weighted by Gasteiger charge is 2.18. The highest BCUT2D eigenvalue weighted by molar-refractivity contribution is 8.14. The minimum atomic E-state index is 0.698. The largest absolute Gasteiger partial charge is 0.362 e. The monoisotopic (exact) mass is 212 g/mol. The van der Waals surface area contributed by atoms with E-state index >= 15 is 0 Å². The molecule has 0 radical (unpaired) electrons. The van der Waals surface area contributed by atoms with Crippen molar-refractivity contribution in [3.8, 4) is 0 Å². The highest BCUT2D eigenvalue weighted by Crippen LogP contribution is 2.23. The van der Waals surface area contributed by atoms with Crippen molar-refractivity contribution in [2.75, 3.05) is 12.3 Å². The summed E-state index contributed by atoms with van der Waals surface area (Å²) in [7, 11) is 0. The number of nitrogens with zero attached hydrogens (tertiary/aromatic N) is 1. The lowest BCUT2D eigenvalue weighted by atomic mass is 10.0. The Morgan fingerprint density at radius 2 is 2.21 bits per heavy atom. The Morgan fingerprint density at radius 3 is 3.00 bits per heavy atom. The average Bonchev–Trinajstić information content (AvgIpc) is 2.58. The van der Waals surface area contributed by atoms with Crippen molar-refractivity contribution < 1.29 is 0 Å². The SMILES string of the molecule is CC1CCCC(NC2=NCCS2)CC1. The molecule has 1 N–H and O–H groups in total. The summed E-state index contributed by atoms with van der Waals surface area (Å²) in [6.45, 7) is 3.39. The minimum absolute atomic E-state index is 0.698. The normalized spacial score (nSPS) is 33.6. The molecule has 0 aromatic rings. The number of nitrogens with one attached hydrogen (secondary N) is 1. The molecule has 0 aromatic carbocycles. The van der Waals surface area contributed by atoms with E-state index in [1.807, 2.05) is 11.8 Å². The van der Waals surface area contributed by atoms with Crippen LogP contribution in [0.4, 0.5) is 0 Å². The van der Waals surface area contributed by atoms with Gasteiger partial charge in [-0.3, -0.25) is 4.99 Å². The number of thioether (sulfide) groups is 1. The molecule has 1 fully saturated rings. The van der Waals surface area contributed by atoms with E-state index in [1.165, 1.54) is 43.0 Å². The minimum Gasteiger partial charge on any atom is -0.362 e. The molecule has 1 aliphatic heterocycles. The molecule has 1 heterocycles. The Hall–Kier alpha value is -0.180. The van der Waals surface area contributed by atoms with Gasteiger partial charge in [-0.1, -0.05) is 31.5 Å². The number of amidine groups is 1. The van der Waals surface area contributed by atoms with Crippen molar-refractivity contribution in [2.24, 2.45) is 10.9 Å². The zero-order valence-electron chi connectivity index (χ0n) is 8.96. The van der Waals surface area contributed by atoms with E-state index in [2.05, 4.69) is 17.2 Å². The molecule has 0 aromatic heterocycles. The van der Waals surface area contributed by atoms with E-state index in [0.717, 1.165) is 12.5 Å². The van der Waals surface area contributed by atoms with Crippen LogP contribution in [0.3, 0.4) is 0 Å². The van der Waals surface area contributed by atoms with Crippen molar-refractivity contribution >= 4 is 16.9 Å². The summed E-state index contributed by atoms with van der Waals surface area (Å²) in [6.07, 6.45) is 6.86. The maximum Gasteiger partial charge on any atom is 0.156 e. The molecular formula is C11H20N2S. The Balaban J connectivity index is 1.79. The molecule has 14 heavy (non-hydrogen) atoms. The topological polar surface area (TPSA) is 24.4 Å².